The van der Waals surface area contributed by atoms with Gasteiger partial charge in [0, 0.05) is 6.42 Å². The summed E-state index contributed by atoms with van der Waals surface area (Å²) in [4.78, 5) is 12.4. The molecule has 0 spiro atoms. The lowest BCUT2D eigenvalue weighted by Gasteiger charge is -2.19. The lowest BCUT2D eigenvalue weighted by atomic mass is 10.0. The highest BCUT2D eigenvalue weighted by Gasteiger charge is 2.17. The first-order valence-electron chi connectivity index (χ1n) is 27.1. The molecule has 0 aromatic carbocycles. The Morgan fingerprint density at radius 1 is 0.391 bits per heavy atom. The standard InChI is InChI=1S/C60H103NO3/c1-3-5-7-9-11-13-15-17-19-21-23-25-27-28-29-30-31-32-34-35-37-39-41-43-45-47-49-51-53-55-59(63)58(57-62)61-60(64)56-54-52-50-48-46-44-42-40-38-36-33-26-24-22-20-18-16-14-12-10-8-6-4-2/h6,8,12,14,18,20,24,26,36,38,42,44-45,47-48,50,53,55,58-59,62-63H,3-5,7,9-11,13,15-17,19,21-23,25,27-35,37,39-41,43,46,49,51-52,54,56-57H2,1-2H3,(H,61,64)/b8-6-,14-12-,20-18-,26-24-,38-36-,44-42-,47-45+,50-48-,55-53+. The third-order valence-electron chi connectivity index (χ3n) is 11.7. The minimum Gasteiger partial charge on any atom is -0.394 e. The number of aliphatic hydroxyl groups excluding tert-OH is 2. The second-order valence-corrected chi connectivity index (χ2v) is 17.9. The van der Waals surface area contributed by atoms with E-state index < -0.39 is 12.1 Å². The molecule has 0 radical (unpaired) electrons. The van der Waals surface area contributed by atoms with E-state index in [9.17, 15) is 15.0 Å². The van der Waals surface area contributed by atoms with Crippen LogP contribution in [0.15, 0.2) is 109 Å². The van der Waals surface area contributed by atoms with Crippen molar-refractivity contribution < 1.29 is 15.0 Å². The van der Waals surface area contributed by atoms with Gasteiger partial charge in [0.15, 0.2) is 0 Å². The molecule has 3 N–H and O–H groups in total. The van der Waals surface area contributed by atoms with Gasteiger partial charge >= 0.3 is 0 Å². The quantitative estimate of drug-likeness (QED) is 0.0421. The van der Waals surface area contributed by atoms with Crippen LogP contribution in [0.3, 0.4) is 0 Å². The van der Waals surface area contributed by atoms with Crippen LogP contribution in [0.1, 0.15) is 245 Å². The lowest BCUT2D eigenvalue weighted by molar-refractivity contribution is -0.122. The molecule has 0 bridgehead atoms. The Labute approximate surface area is 397 Å². The van der Waals surface area contributed by atoms with E-state index >= 15 is 0 Å². The van der Waals surface area contributed by atoms with Gasteiger partial charge in [-0.05, 0) is 83.5 Å². The number of unbranched alkanes of at least 4 members (excludes halogenated alkanes) is 25. The number of allylic oxidation sites excluding steroid dienone is 17. The van der Waals surface area contributed by atoms with Gasteiger partial charge in [0.1, 0.15) is 0 Å². The molecule has 0 aliphatic carbocycles. The van der Waals surface area contributed by atoms with E-state index in [0.717, 1.165) is 77.0 Å². The molecule has 366 valence electrons. The molecule has 0 aromatic heterocycles. The lowest BCUT2D eigenvalue weighted by Crippen LogP contribution is -2.45. The number of nitrogens with one attached hydrogen (secondary N) is 1. The zero-order valence-electron chi connectivity index (χ0n) is 42.0. The van der Waals surface area contributed by atoms with Crippen LogP contribution in [0.5, 0.6) is 0 Å². The second kappa shape index (κ2) is 54.4. The van der Waals surface area contributed by atoms with Gasteiger partial charge < -0.3 is 15.5 Å². The van der Waals surface area contributed by atoms with Crippen molar-refractivity contribution in [3.05, 3.63) is 109 Å². The van der Waals surface area contributed by atoms with E-state index in [1.165, 1.54) is 148 Å². The van der Waals surface area contributed by atoms with Crippen LogP contribution in [0.2, 0.25) is 0 Å². The summed E-state index contributed by atoms with van der Waals surface area (Å²) in [7, 11) is 0. The Hall–Kier alpha value is -2.95. The Kier molecular flexibility index (Phi) is 51.9. The largest absolute Gasteiger partial charge is 0.394 e. The SMILES string of the molecule is CC/C=C\C/C=C\C/C=C\C/C=C\C/C=C\C/C=C\C/C=C\CCCC(=O)NC(CO)C(O)/C=C/CC/C=C/CCCCCCCCCCCCCCCCCCCCCCCCC. The van der Waals surface area contributed by atoms with Gasteiger partial charge in [0.05, 0.1) is 18.8 Å². The summed E-state index contributed by atoms with van der Waals surface area (Å²) in [5.74, 6) is -0.134. The fourth-order valence-electron chi connectivity index (χ4n) is 7.65. The molecule has 0 saturated carbocycles. The van der Waals surface area contributed by atoms with Crippen LogP contribution >= 0.6 is 0 Å². The molecule has 2 unspecified atom stereocenters. The van der Waals surface area contributed by atoms with Crippen LogP contribution in [-0.4, -0.2) is 34.9 Å². The zero-order valence-corrected chi connectivity index (χ0v) is 42.0. The van der Waals surface area contributed by atoms with Crippen molar-refractivity contribution in [1.82, 2.24) is 5.32 Å². The van der Waals surface area contributed by atoms with Crippen molar-refractivity contribution in [3.8, 4) is 0 Å². The molecule has 2 atom stereocenters. The number of rotatable bonds is 48. The van der Waals surface area contributed by atoms with Crippen LogP contribution < -0.4 is 5.32 Å². The third-order valence-corrected chi connectivity index (χ3v) is 11.7. The van der Waals surface area contributed by atoms with E-state index in [1.807, 2.05) is 6.08 Å². The molecule has 0 fully saturated rings. The van der Waals surface area contributed by atoms with Crippen LogP contribution in [-0.2, 0) is 4.79 Å². The van der Waals surface area contributed by atoms with E-state index in [0.29, 0.717) is 6.42 Å². The van der Waals surface area contributed by atoms with Crippen molar-refractivity contribution in [3.63, 3.8) is 0 Å². The first kappa shape index (κ1) is 61.0. The molecule has 0 rings (SSSR count). The number of hydrogen-bond donors (Lipinski definition) is 3. The monoisotopic (exact) mass is 886 g/mol. The van der Waals surface area contributed by atoms with Crippen LogP contribution in [0.4, 0.5) is 0 Å². The molecule has 0 aliphatic rings. The molecule has 4 nitrogen and oxygen atoms in total. The Bertz CT molecular complexity index is 1230. The fourth-order valence-corrected chi connectivity index (χ4v) is 7.65. The van der Waals surface area contributed by atoms with E-state index in [-0.39, 0.29) is 12.5 Å². The summed E-state index contributed by atoms with van der Waals surface area (Å²) in [6, 6.07) is -0.679. The minimum absolute atomic E-state index is 0.134. The van der Waals surface area contributed by atoms with Gasteiger partial charge in [-0.15, -0.1) is 0 Å². The highest BCUT2D eigenvalue weighted by Crippen LogP contribution is 2.16. The molecule has 0 saturated heterocycles. The Balaban J connectivity index is 3.66. The average molecular weight is 886 g/mol. The van der Waals surface area contributed by atoms with Crippen LogP contribution in [0.25, 0.3) is 0 Å². The first-order chi connectivity index (χ1) is 31.7. The van der Waals surface area contributed by atoms with Crippen molar-refractivity contribution >= 4 is 5.91 Å². The number of hydrogen-bond acceptors (Lipinski definition) is 3. The maximum Gasteiger partial charge on any atom is 0.220 e. The molecule has 0 aromatic rings. The summed E-state index contributed by atoms with van der Waals surface area (Å²) in [6.07, 6.45) is 82.5. The van der Waals surface area contributed by atoms with Crippen molar-refractivity contribution in [2.24, 2.45) is 0 Å². The molecule has 4 heteroatoms. The second-order valence-electron chi connectivity index (χ2n) is 17.9. The van der Waals surface area contributed by atoms with E-state index in [4.69, 9.17) is 0 Å². The summed E-state index contributed by atoms with van der Waals surface area (Å²) < 4.78 is 0. The van der Waals surface area contributed by atoms with Gasteiger partial charge in [0.25, 0.3) is 0 Å². The maximum absolute atomic E-state index is 12.4. The Morgan fingerprint density at radius 2 is 0.703 bits per heavy atom. The summed E-state index contributed by atoms with van der Waals surface area (Å²) in [5.41, 5.74) is 0. The minimum atomic E-state index is -0.895. The number of carbonyl (C=O) groups excluding carboxylic acids is 1. The molecule has 1 amide bonds. The maximum atomic E-state index is 12.4. The number of aliphatic hydroxyl groups is 2. The van der Waals surface area contributed by atoms with Crippen molar-refractivity contribution in [2.45, 2.75) is 257 Å². The van der Waals surface area contributed by atoms with Gasteiger partial charge in [-0.1, -0.05) is 264 Å². The van der Waals surface area contributed by atoms with Gasteiger partial charge in [0.2, 0.25) is 5.91 Å². The summed E-state index contributed by atoms with van der Waals surface area (Å²) in [6.45, 7) is 4.17. The highest BCUT2D eigenvalue weighted by molar-refractivity contribution is 5.76. The molecule has 0 aliphatic heterocycles. The van der Waals surface area contributed by atoms with Gasteiger partial charge in [-0.3, -0.25) is 4.79 Å². The molecular formula is C60H103NO3. The van der Waals surface area contributed by atoms with Crippen molar-refractivity contribution in [1.29, 1.82) is 0 Å². The van der Waals surface area contributed by atoms with Gasteiger partial charge in [-0.2, -0.15) is 0 Å². The number of amides is 1. The molecular weight excluding hydrogens is 783 g/mol. The summed E-state index contributed by atoms with van der Waals surface area (Å²) >= 11 is 0. The van der Waals surface area contributed by atoms with Crippen molar-refractivity contribution in [2.75, 3.05) is 6.61 Å². The fraction of sp³-hybridized carbons (Fsp3) is 0.683. The predicted molar refractivity (Wildman–Crippen MR) is 285 cm³/mol. The zero-order chi connectivity index (χ0) is 46.3. The summed E-state index contributed by atoms with van der Waals surface area (Å²) in [5, 5.41) is 23.1. The molecule has 64 heavy (non-hydrogen) atoms. The third kappa shape index (κ3) is 50.1. The topological polar surface area (TPSA) is 69.6 Å². The normalized spacial score (nSPS) is 13.8. The number of carbonyl (C=O) groups is 1. The highest BCUT2D eigenvalue weighted by atomic mass is 16.3. The molecule has 0 heterocycles. The van der Waals surface area contributed by atoms with Crippen LogP contribution in [0, 0.1) is 0 Å². The van der Waals surface area contributed by atoms with E-state index in [2.05, 4.69) is 116 Å². The van der Waals surface area contributed by atoms with Gasteiger partial charge in [-0.25, -0.2) is 0 Å². The Morgan fingerprint density at radius 3 is 1.09 bits per heavy atom. The smallest absolute Gasteiger partial charge is 0.220 e. The predicted octanol–water partition coefficient (Wildman–Crippen LogP) is 17.9. The first-order valence-corrected chi connectivity index (χ1v) is 27.1. The average Bonchev–Trinajstić information content (AvgIpc) is 3.30. The van der Waals surface area contributed by atoms with E-state index in [1.54, 1.807) is 6.08 Å².